The Morgan fingerprint density at radius 1 is 0.788 bits per heavy atom. The van der Waals surface area contributed by atoms with E-state index < -0.39 is 0 Å². The molecule has 0 saturated heterocycles. The van der Waals surface area contributed by atoms with Crippen LogP contribution in [0, 0.1) is 0 Å². The Kier molecular flexibility index (Phi) is 7.12. The van der Waals surface area contributed by atoms with Crippen LogP contribution in [-0.4, -0.2) is 34.7 Å². The molecule has 0 bridgehead atoms. The Bertz CT molecular complexity index is 1190. The molecule has 166 valence electrons. The molecule has 1 aromatic heterocycles. The third-order valence-electron chi connectivity index (χ3n) is 4.89. The third-order valence-corrected chi connectivity index (χ3v) is 4.89. The molecule has 0 spiro atoms. The molecular weight excluding hydrogens is 416 g/mol. The Morgan fingerprint density at radius 3 is 2.12 bits per heavy atom. The summed E-state index contributed by atoms with van der Waals surface area (Å²) in [6.45, 7) is -0.00392. The number of nitrogens with one attached hydrogen (secondary N) is 2. The number of benzene rings is 3. The van der Waals surface area contributed by atoms with Crippen LogP contribution >= 0.6 is 0 Å². The Balaban J connectivity index is 1.35. The van der Waals surface area contributed by atoms with E-state index in [4.69, 9.17) is 9.84 Å². The number of aromatic nitrogens is 2. The van der Waals surface area contributed by atoms with Crippen molar-refractivity contribution in [1.82, 2.24) is 20.4 Å². The van der Waals surface area contributed by atoms with Crippen LogP contribution in [0.1, 0.15) is 5.56 Å². The van der Waals surface area contributed by atoms with Gasteiger partial charge in [0.05, 0.1) is 17.9 Å². The van der Waals surface area contributed by atoms with Crippen molar-refractivity contribution in [2.75, 3.05) is 13.2 Å². The molecule has 33 heavy (non-hydrogen) atoms. The van der Waals surface area contributed by atoms with Gasteiger partial charge in [0.25, 0.3) is 5.91 Å². The fourth-order valence-electron chi connectivity index (χ4n) is 3.24. The monoisotopic (exact) mass is 440 g/mol. The van der Waals surface area contributed by atoms with Gasteiger partial charge in [0.1, 0.15) is 5.75 Å². The van der Waals surface area contributed by atoms with Crippen molar-refractivity contribution in [1.29, 1.82) is 0 Å². The average molecular weight is 441 g/mol. The van der Waals surface area contributed by atoms with Crippen LogP contribution < -0.4 is 15.4 Å². The summed E-state index contributed by atoms with van der Waals surface area (Å²) >= 11 is 0. The normalized spacial score (nSPS) is 10.4. The van der Waals surface area contributed by atoms with E-state index >= 15 is 0 Å². The van der Waals surface area contributed by atoms with Gasteiger partial charge in [-0.2, -0.15) is 5.10 Å². The largest absolute Gasteiger partial charge is 0.484 e. The van der Waals surface area contributed by atoms with E-state index in [1.807, 2.05) is 85.1 Å². The fourth-order valence-corrected chi connectivity index (χ4v) is 3.24. The second kappa shape index (κ2) is 10.8. The summed E-state index contributed by atoms with van der Waals surface area (Å²) in [5.74, 6) is -0.0635. The summed E-state index contributed by atoms with van der Waals surface area (Å²) in [7, 11) is 0. The summed E-state index contributed by atoms with van der Waals surface area (Å²) in [4.78, 5) is 24.3. The van der Waals surface area contributed by atoms with Gasteiger partial charge in [0, 0.05) is 23.9 Å². The van der Waals surface area contributed by atoms with Crippen molar-refractivity contribution < 1.29 is 14.3 Å². The Morgan fingerprint density at radius 2 is 1.42 bits per heavy atom. The SMILES string of the molecule is O=C(CNC(=O)COc1ccccc1)NCc1cn(-c2ccccc2)nc1-c1ccccc1. The minimum absolute atomic E-state index is 0.134. The number of ether oxygens (including phenoxy) is 1. The van der Waals surface area contributed by atoms with E-state index in [0.29, 0.717) is 5.75 Å². The number of carbonyl (C=O) groups is 2. The Labute approximate surface area is 192 Å². The molecule has 7 heteroatoms. The molecule has 0 aliphatic heterocycles. The van der Waals surface area contributed by atoms with Gasteiger partial charge in [0.15, 0.2) is 6.61 Å². The first-order valence-electron chi connectivity index (χ1n) is 10.6. The zero-order chi connectivity index (χ0) is 22.9. The van der Waals surface area contributed by atoms with E-state index in [2.05, 4.69) is 10.6 Å². The number of amides is 2. The molecule has 3 aromatic carbocycles. The predicted octanol–water partition coefficient (Wildman–Crippen LogP) is 3.35. The minimum atomic E-state index is -0.365. The molecule has 4 rings (SSSR count). The number of hydrogen-bond donors (Lipinski definition) is 2. The average Bonchev–Trinajstić information content (AvgIpc) is 3.31. The van der Waals surface area contributed by atoms with Gasteiger partial charge >= 0.3 is 0 Å². The molecule has 0 aliphatic carbocycles. The fraction of sp³-hybridized carbons (Fsp3) is 0.115. The van der Waals surface area contributed by atoms with Crippen molar-refractivity contribution in [2.24, 2.45) is 0 Å². The van der Waals surface area contributed by atoms with Crippen molar-refractivity contribution in [2.45, 2.75) is 6.54 Å². The zero-order valence-corrected chi connectivity index (χ0v) is 18.0. The van der Waals surface area contributed by atoms with Crippen LogP contribution in [-0.2, 0) is 16.1 Å². The highest BCUT2D eigenvalue weighted by Gasteiger charge is 2.14. The van der Waals surface area contributed by atoms with E-state index in [0.717, 1.165) is 22.5 Å². The lowest BCUT2D eigenvalue weighted by atomic mass is 10.1. The zero-order valence-electron chi connectivity index (χ0n) is 18.0. The summed E-state index contributed by atoms with van der Waals surface area (Å²) in [5, 5.41) is 10.2. The van der Waals surface area contributed by atoms with Crippen LogP contribution in [0.4, 0.5) is 0 Å². The number of carbonyl (C=O) groups excluding carboxylic acids is 2. The molecule has 0 aliphatic rings. The summed E-state index contributed by atoms with van der Waals surface area (Å²) in [6, 6.07) is 28.6. The Hall–Kier alpha value is -4.39. The summed E-state index contributed by atoms with van der Waals surface area (Å²) < 4.78 is 7.18. The molecule has 7 nitrogen and oxygen atoms in total. The van der Waals surface area contributed by atoms with Crippen molar-refractivity contribution >= 4 is 11.8 Å². The van der Waals surface area contributed by atoms with E-state index in [1.165, 1.54) is 0 Å². The van der Waals surface area contributed by atoms with E-state index in [-0.39, 0.29) is 31.5 Å². The summed E-state index contributed by atoms with van der Waals surface area (Å²) in [6.07, 6.45) is 1.91. The number of hydrogen-bond acceptors (Lipinski definition) is 4. The molecule has 0 unspecified atom stereocenters. The predicted molar refractivity (Wildman–Crippen MR) is 126 cm³/mol. The lowest BCUT2D eigenvalue weighted by Gasteiger charge is -2.08. The molecule has 4 aromatic rings. The molecule has 0 fully saturated rings. The van der Waals surface area contributed by atoms with Crippen LogP contribution in [0.5, 0.6) is 5.75 Å². The lowest BCUT2D eigenvalue weighted by Crippen LogP contribution is -2.38. The van der Waals surface area contributed by atoms with Crippen LogP contribution in [0.2, 0.25) is 0 Å². The van der Waals surface area contributed by atoms with Crippen molar-refractivity contribution in [3.63, 3.8) is 0 Å². The highest BCUT2D eigenvalue weighted by molar-refractivity contribution is 5.85. The lowest BCUT2D eigenvalue weighted by molar-refractivity contribution is -0.127. The van der Waals surface area contributed by atoms with Gasteiger partial charge in [0.2, 0.25) is 5.91 Å². The molecular formula is C26H24N4O3. The first-order chi connectivity index (χ1) is 16.2. The molecule has 0 radical (unpaired) electrons. The molecule has 0 atom stereocenters. The topological polar surface area (TPSA) is 85.3 Å². The molecule has 2 N–H and O–H groups in total. The van der Waals surface area contributed by atoms with Crippen LogP contribution in [0.3, 0.4) is 0 Å². The van der Waals surface area contributed by atoms with Crippen LogP contribution in [0.25, 0.3) is 16.9 Å². The first-order valence-corrected chi connectivity index (χ1v) is 10.6. The smallest absolute Gasteiger partial charge is 0.258 e. The van der Waals surface area contributed by atoms with E-state index in [9.17, 15) is 9.59 Å². The van der Waals surface area contributed by atoms with Crippen LogP contribution in [0.15, 0.2) is 97.2 Å². The minimum Gasteiger partial charge on any atom is -0.484 e. The second-order valence-electron chi connectivity index (χ2n) is 7.30. The molecule has 0 saturated carbocycles. The van der Waals surface area contributed by atoms with Gasteiger partial charge in [-0.1, -0.05) is 66.7 Å². The maximum Gasteiger partial charge on any atom is 0.258 e. The van der Waals surface area contributed by atoms with E-state index in [1.54, 1.807) is 16.8 Å². The number of nitrogens with zero attached hydrogens (tertiary/aromatic N) is 2. The maximum absolute atomic E-state index is 12.3. The quantitative estimate of drug-likeness (QED) is 0.418. The number of para-hydroxylation sites is 2. The standard InChI is InChI=1S/C26H24N4O3/c31-24(17-28-25(32)19-33-23-14-8-3-9-15-23)27-16-21-18-30(22-12-6-2-7-13-22)29-26(21)20-10-4-1-5-11-20/h1-15,18H,16-17,19H2,(H,27,31)(H,28,32). The van der Waals surface area contributed by atoms with Gasteiger partial charge in [-0.3, -0.25) is 9.59 Å². The maximum atomic E-state index is 12.3. The van der Waals surface area contributed by atoms with Crippen molar-refractivity contribution in [3.05, 3.63) is 103 Å². The van der Waals surface area contributed by atoms with Gasteiger partial charge in [-0.25, -0.2) is 4.68 Å². The second-order valence-corrected chi connectivity index (χ2v) is 7.30. The van der Waals surface area contributed by atoms with Gasteiger partial charge < -0.3 is 15.4 Å². The highest BCUT2D eigenvalue weighted by Crippen LogP contribution is 2.23. The molecule has 1 heterocycles. The molecule has 2 amide bonds. The third kappa shape index (κ3) is 6.07. The highest BCUT2D eigenvalue weighted by atomic mass is 16.5. The summed E-state index contributed by atoms with van der Waals surface area (Å²) in [5.41, 5.74) is 3.55. The van der Waals surface area contributed by atoms with Crippen molar-refractivity contribution in [3.8, 4) is 22.7 Å². The first kappa shape index (κ1) is 21.8. The number of rotatable bonds is 9. The van der Waals surface area contributed by atoms with Gasteiger partial charge in [-0.15, -0.1) is 0 Å². The van der Waals surface area contributed by atoms with Gasteiger partial charge in [-0.05, 0) is 24.3 Å².